The molecule has 3 nitrogen and oxygen atoms in total. The molecular weight excluding hydrogens is 355 g/mol. The van der Waals surface area contributed by atoms with Crippen LogP contribution >= 0.6 is 22.6 Å². The predicted octanol–water partition coefficient (Wildman–Crippen LogP) is 3.43. The minimum atomic E-state index is -0.300. The number of hydrogen-bond acceptors (Lipinski definition) is 3. The van der Waals surface area contributed by atoms with Gasteiger partial charge in [0.25, 0.3) is 0 Å². The molecule has 102 valence electrons. The third-order valence-electron chi connectivity index (χ3n) is 3.34. The maximum Gasteiger partial charge on any atom is 0.337 e. The third-order valence-corrected chi connectivity index (χ3v) is 4.05. The Morgan fingerprint density at radius 2 is 2.00 bits per heavy atom. The van der Waals surface area contributed by atoms with Gasteiger partial charge in [0.15, 0.2) is 0 Å². The lowest BCUT2D eigenvalue weighted by Gasteiger charge is -2.19. The molecule has 19 heavy (non-hydrogen) atoms. The van der Waals surface area contributed by atoms with Gasteiger partial charge in [-0.3, -0.25) is 0 Å². The van der Waals surface area contributed by atoms with Crippen molar-refractivity contribution in [2.75, 3.05) is 7.11 Å². The van der Waals surface area contributed by atoms with Crippen molar-refractivity contribution in [3.63, 3.8) is 0 Å². The first-order valence-corrected chi connectivity index (χ1v) is 7.49. The summed E-state index contributed by atoms with van der Waals surface area (Å²) in [5.74, 6) is 0.397. The molecule has 0 aromatic heterocycles. The summed E-state index contributed by atoms with van der Waals surface area (Å²) in [5, 5.41) is 0. The summed E-state index contributed by atoms with van der Waals surface area (Å²) in [6.07, 6.45) is 0.00454. The molecule has 0 unspecified atom stereocenters. The smallest absolute Gasteiger partial charge is 0.337 e. The van der Waals surface area contributed by atoms with E-state index in [1.807, 2.05) is 37.3 Å². The van der Waals surface area contributed by atoms with Crippen LogP contribution in [0.2, 0.25) is 0 Å². The van der Waals surface area contributed by atoms with Crippen LogP contribution < -0.4 is 0 Å². The number of alkyl halides is 1. The van der Waals surface area contributed by atoms with Crippen LogP contribution in [0.25, 0.3) is 5.76 Å². The first kappa shape index (κ1) is 14.4. The molecule has 0 N–H and O–H groups in total. The zero-order valence-electron chi connectivity index (χ0n) is 11.2. The Labute approximate surface area is 127 Å². The van der Waals surface area contributed by atoms with E-state index in [-0.39, 0.29) is 18.0 Å². The molecule has 1 heterocycles. The largest absolute Gasteiger partial charge is 0.488 e. The van der Waals surface area contributed by atoms with E-state index in [0.29, 0.717) is 15.3 Å². The fourth-order valence-electron chi connectivity index (χ4n) is 2.37. The molecule has 0 radical (unpaired) electrons. The number of halogens is 1. The Kier molecular flexibility index (Phi) is 4.50. The normalized spacial score (nSPS) is 24.0. The van der Waals surface area contributed by atoms with Crippen LogP contribution in [0.5, 0.6) is 0 Å². The van der Waals surface area contributed by atoms with Crippen molar-refractivity contribution in [3.8, 4) is 0 Å². The first-order chi connectivity index (χ1) is 9.06. The fraction of sp³-hybridized carbons (Fsp3) is 0.400. The summed E-state index contributed by atoms with van der Waals surface area (Å²) in [6, 6.07) is 9.72. The highest BCUT2D eigenvalue weighted by Crippen LogP contribution is 2.40. The lowest BCUT2D eigenvalue weighted by molar-refractivity contribution is -0.136. The number of ether oxygens (including phenoxy) is 2. The molecule has 1 aliphatic heterocycles. The second-order valence-electron chi connectivity index (χ2n) is 4.65. The van der Waals surface area contributed by atoms with E-state index in [2.05, 4.69) is 29.5 Å². The highest BCUT2D eigenvalue weighted by molar-refractivity contribution is 14.1. The van der Waals surface area contributed by atoms with Crippen LogP contribution in [-0.4, -0.2) is 23.1 Å². The molecule has 0 aliphatic carbocycles. The molecule has 4 heteroatoms. The lowest BCUT2D eigenvalue weighted by atomic mass is 9.94. The average molecular weight is 372 g/mol. The number of hydrogen-bond donors (Lipinski definition) is 0. The van der Waals surface area contributed by atoms with E-state index in [0.717, 1.165) is 5.56 Å². The van der Waals surface area contributed by atoms with Gasteiger partial charge in [0.05, 0.1) is 12.7 Å². The van der Waals surface area contributed by atoms with Gasteiger partial charge in [-0.1, -0.05) is 59.8 Å². The van der Waals surface area contributed by atoms with Crippen molar-refractivity contribution in [2.45, 2.75) is 23.9 Å². The van der Waals surface area contributed by atoms with Crippen molar-refractivity contribution in [1.29, 1.82) is 0 Å². The summed E-state index contributed by atoms with van der Waals surface area (Å²) in [4.78, 5) is 12.0. The fourth-order valence-corrected chi connectivity index (χ4v) is 3.14. The third kappa shape index (κ3) is 2.78. The van der Waals surface area contributed by atoms with E-state index in [1.54, 1.807) is 0 Å². The topological polar surface area (TPSA) is 35.5 Å². The van der Waals surface area contributed by atoms with Crippen LogP contribution in [0.15, 0.2) is 35.9 Å². The van der Waals surface area contributed by atoms with Gasteiger partial charge in [0.2, 0.25) is 0 Å². The molecule has 3 atom stereocenters. The number of methoxy groups -OCH3 is 1. The molecule has 0 fully saturated rings. The quantitative estimate of drug-likeness (QED) is 0.463. The van der Waals surface area contributed by atoms with Crippen LogP contribution in [-0.2, 0) is 14.3 Å². The molecule has 0 saturated carbocycles. The monoisotopic (exact) mass is 372 g/mol. The Morgan fingerprint density at radius 3 is 2.53 bits per heavy atom. The average Bonchev–Trinajstić information content (AvgIpc) is 2.77. The Morgan fingerprint density at radius 1 is 1.37 bits per heavy atom. The summed E-state index contributed by atoms with van der Waals surface area (Å²) in [7, 11) is 1.41. The Balaban J connectivity index is 2.46. The summed E-state index contributed by atoms with van der Waals surface area (Å²) in [5.41, 5.74) is 1.57. The molecule has 0 amide bonds. The minimum absolute atomic E-state index is 0.00454. The molecule has 1 aromatic rings. The van der Waals surface area contributed by atoms with Crippen molar-refractivity contribution >= 4 is 34.3 Å². The molecule has 2 rings (SSSR count). The van der Waals surface area contributed by atoms with Gasteiger partial charge in [0.1, 0.15) is 11.9 Å². The van der Waals surface area contributed by atoms with Crippen molar-refractivity contribution in [1.82, 2.24) is 0 Å². The maximum atomic E-state index is 12.0. The lowest BCUT2D eigenvalue weighted by Crippen LogP contribution is -2.26. The van der Waals surface area contributed by atoms with Gasteiger partial charge in [-0.2, -0.15) is 0 Å². The number of carbonyl (C=O) groups is 1. The molecule has 0 saturated heterocycles. The molecular formula is C15H17IO3. The van der Waals surface area contributed by atoms with E-state index in [9.17, 15) is 4.79 Å². The maximum absolute atomic E-state index is 12.0. The van der Waals surface area contributed by atoms with Crippen molar-refractivity contribution < 1.29 is 14.3 Å². The van der Waals surface area contributed by atoms with E-state index >= 15 is 0 Å². The molecule has 0 bridgehead atoms. The number of esters is 1. The molecule has 1 aliphatic rings. The highest BCUT2D eigenvalue weighted by atomic mass is 127. The Hall–Kier alpha value is -1.04. The van der Waals surface area contributed by atoms with Crippen LogP contribution in [0, 0.1) is 5.92 Å². The zero-order chi connectivity index (χ0) is 14.0. The van der Waals surface area contributed by atoms with E-state index in [4.69, 9.17) is 9.47 Å². The van der Waals surface area contributed by atoms with Crippen LogP contribution in [0.4, 0.5) is 0 Å². The Bertz CT molecular complexity index is 493. The number of carbonyl (C=O) groups excluding carboxylic acids is 1. The predicted molar refractivity (Wildman–Crippen MR) is 82.9 cm³/mol. The highest BCUT2D eigenvalue weighted by Gasteiger charge is 2.40. The minimum Gasteiger partial charge on any atom is -0.488 e. The zero-order valence-corrected chi connectivity index (χ0v) is 13.4. The van der Waals surface area contributed by atoms with Gasteiger partial charge in [-0.25, -0.2) is 4.79 Å². The second-order valence-corrected chi connectivity index (χ2v) is 6.61. The summed E-state index contributed by atoms with van der Waals surface area (Å²) in [6.45, 7) is 4.10. The van der Waals surface area contributed by atoms with E-state index < -0.39 is 0 Å². The molecule has 1 aromatic carbocycles. The second kappa shape index (κ2) is 5.94. The van der Waals surface area contributed by atoms with Crippen LogP contribution in [0.1, 0.15) is 19.4 Å². The summed E-state index contributed by atoms with van der Waals surface area (Å²) >= 11 is 2.33. The first-order valence-electron chi connectivity index (χ1n) is 6.25. The van der Waals surface area contributed by atoms with Crippen molar-refractivity contribution in [3.05, 3.63) is 41.5 Å². The van der Waals surface area contributed by atoms with Gasteiger partial charge >= 0.3 is 5.97 Å². The number of benzene rings is 1. The summed E-state index contributed by atoms with van der Waals surface area (Å²) < 4.78 is 11.2. The van der Waals surface area contributed by atoms with Gasteiger partial charge in [-0.05, 0) is 6.92 Å². The standard InChI is InChI=1S/C15H17IO3/c1-9-12(15(17)18-3)14(19-13(9)10(2)16)11-7-5-4-6-8-11/h4-10,13H,1-3H3/t9-,10-,13+/m1/s1. The molecule has 0 spiro atoms. The number of rotatable bonds is 3. The SMILES string of the molecule is COC(=O)C1=C(c2ccccc2)O[C@H]([C@@H](C)I)[C@@H]1C. The van der Waals surface area contributed by atoms with Gasteiger partial charge in [-0.15, -0.1) is 0 Å². The van der Waals surface area contributed by atoms with Crippen molar-refractivity contribution in [2.24, 2.45) is 5.92 Å². The van der Waals surface area contributed by atoms with Gasteiger partial charge < -0.3 is 9.47 Å². The van der Waals surface area contributed by atoms with Gasteiger partial charge in [0, 0.05) is 15.4 Å². The van der Waals surface area contributed by atoms with E-state index in [1.165, 1.54) is 7.11 Å². The van der Waals surface area contributed by atoms with Crippen LogP contribution in [0.3, 0.4) is 0 Å².